The number of hydrogen-bond acceptors (Lipinski definition) is 3. The van der Waals surface area contributed by atoms with Crippen LogP contribution < -0.4 is 0 Å². The zero-order chi connectivity index (χ0) is 14.8. The topological polar surface area (TPSA) is 33.1 Å². The van der Waals surface area contributed by atoms with Gasteiger partial charge in [-0.15, -0.1) is 11.8 Å². The van der Waals surface area contributed by atoms with Gasteiger partial charge in [-0.05, 0) is 48.6 Å². The first-order valence-corrected chi connectivity index (χ1v) is 8.10. The number of fused-ring (bicyclic) bond motifs is 1. The lowest BCUT2D eigenvalue weighted by Crippen LogP contribution is -2.01. The molecule has 21 heavy (non-hydrogen) atoms. The molecule has 0 aliphatic carbocycles. The van der Waals surface area contributed by atoms with Gasteiger partial charge < -0.3 is 5.11 Å². The minimum atomic E-state index is -0.612. The van der Waals surface area contributed by atoms with Crippen molar-refractivity contribution < 1.29 is 5.11 Å². The smallest absolute Gasteiger partial charge is 0.105 e. The Labute approximate surface area is 128 Å². The van der Waals surface area contributed by atoms with Gasteiger partial charge in [0.1, 0.15) is 6.10 Å². The lowest BCUT2D eigenvalue weighted by atomic mass is 10.00. The van der Waals surface area contributed by atoms with E-state index in [0.29, 0.717) is 0 Å². The highest BCUT2D eigenvalue weighted by molar-refractivity contribution is 7.98. The van der Waals surface area contributed by atoms with Crippen LogP contribution in [-0.2, 0) is 0 Å². The summed E-state index contributed by atoms with van der Waals surface area (Å²) < 4.78 is 0. The Balaban J connectivity index is 2.05. The van der Waals surface area contributed by atoms with E-state index in [9.17, 15) is 5.11 Å². The van der Waals surface area contributed by atoms with Crippen LogP contribution in [0.2, 0.25) is 0 Å². The predicted octanol–water partition coefficient (Wildman–Crippen LogP) is 4.35. The Bertz CT molecular complexity index is 785. The summed E-state index contributed by atoms with van der Waals surface area (Å²) in [6, 6.07) is 18.0. The van der Waals surface area contributed by atoms with E-state index in [4.69, 9.17) is 0 Å². The summed E-state index contributed by atoms with van der Waals surface area (Å²) in [7, 11) is 0. The summed E-state index contributed by atoms with van der Waals surface area (Å²) in [5.74, 6) is 0. The molecular weight excluding hydrogens is 278 g/mol. The highest BCUT2D eigenvalue weighted by atomic mass is 32.2. The van der Waals surface area contributed by atoms with Gasteiger partial charge in [0, 0.05) is 16.0 Å². The number of benzene rings is 2. The summed E-state index contributed by atoms with van der Waals surface area (Å²) in [4.78, 5) is 5.60. The zero-order valence-electron chi connectivity index (χ0n) is 12.1. The first-order valence-electron chi connectivity index (χ1n) is 6.87. The van der Waals surface area contributed by atoms with Crippen LogP contribution in [0.25, 0.3) is 10.9 Å². The standard InChI is InChI=1S/C18H17NOS/c1-12-7-8-13-11-14(9-10-16(13)19-12)18(20)15-5-3-4-6-17(15)21-2/h3-11,18,20H,1-2H3. The molecule has 1 N–H and O–H groups in total. The Hall–Kier alpha value is -1.84. The van der Waals surface area contributed by atoms with E-state index in [0.717, 1.165) is 32.6 Å². The monoisotopic (exact) mass is 295 g/mol. The molecule has 1 unspecified atom stereocenters. The fourth-order valence-corrected chi connectivity index (χ4v) is 3.12. The van der Waals surface area contributed by atoms with Crippen molar-refractivity contribution in [3.8, 4) is 0 Å². The summed E-state index contributed by atoms with van der Waals surface area (Å²) in [6.07, 6.45) is 1.41. The van der Waals surface area contributed by atoms with E-state index < -0.39 is 6.10 Å². The van der Waals surface area contributed by atoms with Gasteiger partial charge in [0.2, 0.25) is 0 Å². The molecule has 0 spiro atoms. The molecule has 0 bridgehead atoms. The van der Waals surface area contributed by atoms with Crippen molar-refractivity contribution in [3.05, 3.63) is 71.4 Å². The Morgan fingerprint density at radius 1 is 1.05 bits per heavy atom. The minimum Gasteiger partial charge on any atom is -0.384 e. The van der Waals surface area contributed by atoms with Crippen molar-refractivity contribution in [2.24, 2.45) is 0 Å². The van der Waals surface area contributed by atoms with Gasteiger partial charge in [-0.3, -0.25) is 4.98 Å². The maximum atomic E-state index is 10.7. The van der Waals surface area contributed by atoms with Gasteiger partial charge in [-0.2, -0.15) is 0 Å². The van der Waals surface area contributed by atoms with Gasteiger partial charge in [0.25, 0.3) is 0 Å². The first-order chi connectivity index (χ1) is 10.2. The fraction of sp³-hybridized carbons (Fsp3) is 0.167. The van der Waals surface area contributed by atoms with Crippen molar-refractivity contribution in [3.63, 3.8) is 0 Å². The van der Waals surface area contributed by atoms with Crippen LogP contribution in [-0.4, -0.2) is 16.3 Å². The fourth-order valence-electron chi connectivity index (χ4n) is 2.49. The number of aliphatic hydroxyl groups is 1. The van der Waals surface area contributed by atoms with Crippen molar-refractivity contribution in [2.45, 2.75) is 17.9 Å². The molecule has 0 radical (unpaired) electrons. The minimum absolute atomic E-state index is 0.612. The number of hydrogen-bond donors (Lipinski definition) is 1. The van der Waals surface area contributed by atoms with E-state index in [1.807, 2.05) is 67.8 Å². The van der Waals surface area contributed by atoms with Crippen molar-refractivity contribution >= 4 is 22.7 Å². The Kier molecular flexibility index (Phi) is 3.95. The molecule has 106 valence electrons. The average molecular weight is 295 g/mol. The third-order valence-electron chi connectivity index (χ3n) is 3.60. The van der Waals surface area contributed by atoms with Crippen LogP contribution in [0, 0.1) is 6.92 Å². The van der Waals surface area contributed by atoms with Crippen LogP contribution in [0.3, 0.4) is 0 Å². The third kappa shape index (κ3) is 2.80. The number of rotatable bonds is 3. The van der Waals surface area contributed by atoms with E-state index in [1.54, 1.807) is 11.8 Å². The molecule has 0 amide bonds. The molecule has 1 atom stereocenters. The van der Waals surface area contributed by atoms with Crippen LogP contribution in [0.5, 0.6) is 0 Å². The lowest BCUT2D eigenvalue weighted by molar-refractivity contribution is 0.217. The first kappa shape index (κ1) is 14.1. The summed E-state index contributed by atoms with van der Waals surface area (Å²) in [5, 5.41) is 11.7. The van der Waals surface area contributed by atoms with Crippen LogP contribution in [0.1, 0.15) is 22.9 Å². The van der Waals surface area contributed by atoms with Crippen molar-refractivity contribution in [2.75, 3.05) is 6.26 Å². The normalized spacial score (nSPS) is 12.5. The predicted molar refractivity (Wildman–Crippen MR) is 88.8 cm³/mol. The molecule has 0 aliphatic rings. The Morgan fingerprint density at radius 2 is 1.86 bits per heavy atom. The van der Waals surface area contributed by atoms with Crippen molar-refractivity contribution in [1.29, 1.82) is 0 Å². The summed E-state index contributed by atoms with van der Waals surface area (Å²) >= 11 is 1.65. The molecule has 0 saturated carbocycles. The van der Waals surface area contributed by atoms with E-state index in [2.05, 4.69) is 4.98 Å². The molecular formula is C18H17NOS. The number of aromatic nitrogens is 1. The van der Waals surface area contributed by atoms with Gasteiger partial charge >= 0.3 is 0 Å². The third-order valence-corrected chi connectivity index (χ3v) is 4.41. The van der Waals surface area contributed by atoms with E-state index >= 15 is 0 Å². The quantitative estimate of drug-likeness (QED) is 0.729. The molecule has 0 aliphatic heterocycles. The number of thioether (sulfide) groups is 1. The molecule has 3 rings (SSSR count). The Morgan fingerprint density at radius 3 is 2.67 bits per heavy atom. The molecule has 2 nitrogen and oxygen atoms in total. The molecule has 3 heteroatoms. The van der Waals surface area contributed by atoms with E-state index in [-0.39, 0.29) is 0 Å². The maximum absolute atomic E-state index is 10.7. The van der Waals surface area contributed by atoms with Crippen LogP contribution >= 0.6 is 11.8 Å². The van der Waals surface area contributed by atoms with Gasteiger partial charge in [0.15, 0.2) is 0 Å². The number of aliphatic hydroxyl groups excluding tert-OH is 1. The second-order valence-corrected chi connectivity index (χ2v) is 5.90. The summed E-state index contributed by atoms with van der Waals surface area (Å²) in [5.41, 5.74) is 3.81. The summed E-state index contributed by atoms with van der Waals surface area (Å²) in [6.45, 7) is 1.98. The lowest BCUT2D eigenvalue weighted by Gasteiger charge is -2.15. The van der Waals surface area contributed by atoms with Crippen molar-refractivity contribution in [1.82, 2.24) is 4.98 Å². The van der Waals surface area contributed by atoms with Crippen LogP contribution in [0.4, 0.5) is 0 Å². The van der Waals surface area contributed by atoms with E-state index in [1.165, 1.54) is 0 Å². The maximum Gasteiger partial charge on any atom is 0.105 e. The number of pyridine rings is 1. The molecule has 3 aromatic rings. The second-order valence-electron chi connectivity index (χ2n) is 5.05. The zero-order valence-corrected chi connectivity index (χ0v) is 12.9. The van der Waals surface area contributed by atoms with Gasteiger partial charge in [-0.1, -0.05) is 30.3 Å². The highest BCUT2D eigenvalue weighted by Crippen LogP contribution is 2.31. The van der Waals surface area contributed by atoms with Gasteiger partial charge in [0.05, 0.1) is 5.52 Å². The molecule has 0 saturated heterocycles. The van der Waals surface area contributed by atoms with Crippen LogP contribution in [0.15, 0.2) is 59.5 Å². The SMILES string of the molecule is CSc1ccccc1C(O)c1ccc2nc(C)ccc2c1. The number of nitrogens with zero attached hydrogens (tertiary/aromatic N) is 1. The highest BCUT2D eigenvalue weighted by Gasteiger charge is 2.14. The molecule has 1 heterocycles. The molecule has 2 aromatic carbocycles. The molecule has 1 aromatic heterocycles. The number of aryl methyl sites for hydroxylation is 1. The largest absolute Gasteiger partial charge is 0.384 e. The second kappa shape index (κ2) is 5.88. The van der Waals surface area contributed by atoms with Gasteiger partial charge in [-0.25, -0.2) is 0 Å². The molecule has 0 fully saturated rings. The average Bonchev–Trinajstić information content (AvgIpc) is 2.53.